The van der Waals surface area contributed by atoms with Gasteiger partial charge in [-0.25, -0.2) is 0 Å². The van der Waals surface area contributed by atoms with Crippen molar-refractivity contribution in [1.82, 2.24) is 0 Å². The molecule has 0 aromatic rings. The molecule has 0 saturated carbocycles. The van der Waals surface area contributed by atoms with Crippen LogP contribution in [0, 0.1) is 5.92 Å². The van der Waals surface area contributed by atoms with Gasteiger partial charge in [0.25, 0.3) is 0 Å². The molecule has 0 aliphatic heterocycles. The molecule has 0 aliphatic carbocycles. The van der Waals surface area contributed by atoms with E-state index < -0.39 is 11.9 Å². The molecular weight excluding hydrogens is 737 g/mol. The molecule has 0 fully saturated rings. The Hall–Kier alpha value is -1.06. The monoisotopic (exact) mass is 849 g/mol. The lowest BCUT2D eigenvalue weighted by molar-refractivity contribution is -0.142. The molecule has 4 nitrogen and oxygen atoms in total. The van der Waals surface area contributed by atoms with Crippen molar-refractivity contribution in [3.05, 3.63) is 0 Å². The molecule has 0 heterocycles. The molecule has 0 radical (unpaired) electrons. The van der Waals surface area contributed by atoms with Gasteiger partial charge in [0, 0.05) is 6.42 Å². The van der Waals surface area contributed by atoms with Crippen LogP contribution in [0.5, 0.6) is 0 Å². The first kappa shape index (κ1) is 61.0. The van der Waals surface area contributed by atoms with E-state index in [1.54, 1.807) is 0 Å². The number of rotatable bonds is 51. The molecule has 0 aromatic heterocycles. The van der Waals surface area contributed by atoms with Gasteiger partial charge in [-0.3, -0.25) is 9.59 Å². The Morgan fingerprint density at radius 2 is 0.433 bits per heavy atom. The zero-order chi connectivity index (χ0) is 44.1. The van der Waals surface area contributed by atoms with Crippen LogP contribution in [0.3, 0.4) is 0 Å². The van der Waals surface area contributed by atoms with Crippen LogP contribution in [-0.2, 0) is 9.59 Å². The van der Waals surface area contributed by atoms with E-state index in [9.17, 15) is 14.7 Å². The predicted octanol–water partition coefficient (Wildman–Crippen LogP) is 20.3. The molecule has 2 N–H and O–H groups in total. The van der Waals surface area contributed by atoms with Crippen molar-refractivity contribution in [2.75, 3.05) is 0 Å². The highest BCUT2D eigenvalue weighted by Gasteiger charge is 2.16. The Labute approximate surface area is 378 Å². The summed E-state index contributed by atoms with van der Waals surface area (Å²) in [5.74, 6) is -1.31. The number of carboxylic acid groups (broad SMARTS) is 2. The quantitative estimate of drug-likeness (QED) is 0.0598. The second-order valence-corrected chi connectivity index (χ2v) is 19.3. The molecule has 0 amide bonds. The maximum atomic E-state index is 11.7. The summed E-state index contributed by atoms with van der Waals surface area (Å²) in [5.41, 5.74) is 0. The predicted molar refractivity (Wildman–Crippen MR) is 267 cm³/mol. The Kier molecular flexibility index (Phi) is 56.9. The summed E-state index contributed by atoms with van der Waals surface area (Å²) in [7, 11) is 0. The van der Waals surface area contributed by atoms with Crippen molar-refractivity contribution in [1.29, 1.82) is 0 Å². The topological polar surface area (TPSA) is 74.6 Å². The number of hydrogen-bond acceptors (Lipinski definition) is 2. The molecule has 4 heteroatoms. The van der Waals surface area contributed by atoms with Gasteiger partial charge in [0.15, 0.2) is 0 Å². The minimum absolute atomic E-state index is 0.0987. The van der Waals surface area contributed by atoms with Crippen LogP contribution >= 0.6 is 0 Å². The SMILES string of the molecule is CCCCCCCCCCCCCCCCCC(=O)O.CCCCCCCCCCCCCCCCCCCCC(CCCCCCCCCCCCCCCC)C(=O)O. The summed E-state index contributed by atoms with van der Waals surface area (Å²) < 4.78 is 0. The third-order valence-electron chi connectivity index (χ3n) is 13.2. The first-order valence-electron chi connectivity index (χ1n) is 27.9. The summed E-state index contributed by atoms with van der Waals surface area (Å²) in [6.45, 7) is 6.85. The number of carbonyl (C=O) groups is 2. The van der Waals surface area contributed by atoms with Gasteiger partial charge in [0.05, 0.1) is 5.92 Å². The van der Waals surface area contributed by atoms with Crippen molar-refractivity contribution in [2.45, 2.75) is 342 Å². The molecule has 1 unspecified atom stereocenters. The first-order valence-corrected chi connectivity index (χ1v) is 27.9. The van der Waals surface area contributed by atoms with Gasteiger partial charge in [-0.1, -0.05) is 316 Å². The van der Waals surface area contributed by atoms with E-state index in [0.29, 0.717) is 6.42 Å². The molecule has 1 atom stereocenters. The maximum Gasteiger partial charge on any atom is 0.306 e. The highest BCUT2D eigenvalue weighted by atomic mass is 16.4. The third-order valence-corrected chi connectivity index (χ3v) is 13.2. The highest BCUT2D eigenvalue weighted by Crippen LogP contribution is 2.21. The zero-order valence-electron chi connectivity index (χ0n) is 41.6. The lowest BCUT2D eigenvalue weighted by atomic mass is 9.94. The zero-order valence-corrected chi connectivity index (χ0v) is 41.6. The van der Waals surface area contributed by atoms with E-state index in [2.05, 4.69) is 20.8 Å². The second-order valence-electron chi connectivity index (χ2n) is 19.3. The number of carboxylic acids is 2. The maximum absolute atomic E-state index is 11.7. The summed E-state index contributed by atoms with van der Waals surface area (Å²) in [4.78, 5) is 22.0. The van der Waals surface area contributed by atoms with Gasteiger partial charge in [-0.15, -0.1) is 0 Å². The Morgan fingerprint density at radius 1 is 0.267 bits per heavy atom. The van der Waals surface area contributed by atoms with Crippen LogP contribution in [0.1, 0.15) is 342 Å². The fourth-order valence-corrected chi connectivity index (χ4v) is 8.92. The molecule has 360 valence electrons. The van der Waals surface area contributed by atoms with Crippen LogP contribution in [0.15, 0.2) is 0 Å². The Bertz CT molecular complexity index is 796. The standard InChI is InChI=1S/C38H76O2.C18H36O2/c1-3-5-7-9-11-13-15-17-19-20-21-22-24-26-28-30-32-34-36-37(38(39)40)35-33-31-29-27-25-23-18-16-14-12-10-8-6-4-2;1-2-3-4-5-6-7-8-9-10-11-12-13-14-15-16-17-18(19)20/h37H,3-36H2,1-2H3,(H,39,40);2-17H2,1H3,(H,19,20). The smallest absolute Gasteiger partial charge is 0.306 e. The van der Waals surface area contributed by atoms with E-state index in [1.807, 2.05) is 0 Å². The lowest BCUT2D eigenvalue weighted by Gasteiger charge is -2.12. The fourth-order valence-electron chi connectivity index (χ4n) is 8.92. The second kappa shape index (κ2) is 56.0. The summed E-state index contributed by atoms with van der Waals surface area (Å²) in [6.07, 6.45) is 66.0. The van der Waals surface area contributed by atoms with Gasteiger partial charge in [-0.2, -0.15) is 0 Å². The molecule has 60 heavy (non-hydrogen) atoms. The number of hydrogen-bond donors (Lipinski definition) is 2. The van der Waals surface area contributed by atoms with Crippen LogP contribution in [0.4, 0.5) is 0 Å². The molecule has 0 aromatic carbocycles. The van der Waals surface area contributed by atoms with Crippen LogP contribution in [-0.4, -0.2) is 22.2 Å². The normalized spacial score (nSPS) is 11.8. The third kappa shape index (κ3) is 56.9. The summed E-state index contributed by atoms with van der Waals surface area (Å²) in [6, 6.07) is 0. The highest BCUT2D eigenvalue weighted by molar-refractivity contribution is 5.69. The average Bonchev–Trinajstić information content (AvgIpc) is 3.24. The van der Waals surface area contributed by atoms with Gasteiger partial charge < -0.3 is 10.2 Å². The van der Waals surface area contributed by atoms with Gasteiger partial charge in [-0.05, 0) is 19.3 Å². The summed E-state index contributed by atoms with van der Waals surface area (Å²) >= 11 is 0. The van der Waals surface area contributed by atoms with Gasteiger partial charge >= 0.3 is 11.9 Å². The molecule has 0 aliphatic rings. The average molecular weight is 850 g/mol. The van der Waals surface area contributed by atoms with E-state index in [0.717, 1.165) is 38.5 Å². The Balaban J connectivity index is 0. The summed E-state index contributed by atoms with van der Waals surface area (Å²) in [5, 5.41) is 18.1. The van der Waals surface area contributed by atoms with E-state index in [4.69, 9.17) is 5.11 Å². The van der Waals surface area contributed by atoms with Crippen molar-refractivity contribution < 1.29 is 19.8 Å². The van der Waals surface area contributed by atoms with Crippen LogP contribution < -0.4 is 0 Å². The van der Waals surface area contributed by atoms with Gasteiger partial charge in [0.1, 0.15) is 0 Å². The number of aliphatic carboxylic acids is 2. The van der Waals surface area contributed by atoms with E-state index >= 15 is 0 Å². The number of unbranched alkanes of at least 4 members (excludes halogenated alkanes) is 44. The van der Waals surface area contributed by atoms with Crippen molar-refractivity contribution in [2.24, 2.45) is 5.92 Å². The van der Waals surface area contributed by atoms with E-state index in [-0.39, 0.29) is 5.92 Å². The minimum Gasteiger partial charge on any atom is -0.481 e. The molecular formula is C56H112O4. The van der Waals surface area contributed by atoms with Crippen LogP contribution in [0.25, 0.3) is 0 Å². The van der Waals surface area contributed by atoms with Crippen molar-refractivity contribution in [3.63, 3.8) is 0 Å². The molecule has 0 spiro atoms. The van der Waals surface area contributed by atoms with E-state index in [1.165, 1.54) is 276 Å². The molecule has 0 saturated heterocycles. The van der Waals surface area contributed by atoms with Crippen LogP contribution in [0.2, 0.25) is 0 Å². The van der Waals surface area contributed by atoms with Gasteiger partial charge in [0.2, 0.25) is 0 Å². The lowest BCUT2D eigenvalue weighted by Crippen LogP contribution is -2.13. The van der Waals surface area contributed by atoms with Crippen molar-refractivity contribution >= 4 is 11.9 Å². The molecule has 0 bridgehead atoms. The molecule has 0 rings (SSSR count). The fraction of sp³-hybridized carbons (Fsp3) is 0.964. The largest absolute Gasteiger partial charge is 0.481 e. The first-order chi connectivity index (χ1) is 29.5. The van der Waals surface area contributed by atoms with Crippen molar-refractivity contribution in [3.8, 4) is 0 Å². The Morgan fingerprint density at radius 3 is 0.600 bits per heavy atom. The minimum atomic E-state index is -0.653.